The van der Waals surface area contributed by atoms with Crippen LogP contribution in [0, 0.1) is 16.2 Å². The summed E-state index contributed by atoms with van der Waals surface area (Å²) in [5, 5.41) is 0. The van der Waals surface area contributed by atoms with Crippen LogP contribution in [0.2, 0.25) is 0 Å². The maximum atomic E-state index is 2.46. The molecule has 0 unspecified atom stereocenters. The van der Waals surface area contributed by atoms with Crippen LogP contribution < -0.4 is 0 Å². The fourth-order valence-electron chi connectivity index (χ4n) is 4.03. The summed E-state index contributed by atoms with van der Waals surface area (Å²) in [5.41, 5.74) is 4.40. The van der Waals surface area contributed by atoms with Crippen molar-refractivity contribution in [1.82, 2.24) is 0 Å². The second-order valence-electron chi connectivity index (χ2n) is 6.29. The highest BCUT2D eigenvalue weighted by atomic mass is 14.6. The van der Waals surface area contributed by atoms with E-state index in [0.29, 0.717) is 16.2 Å². The van der Waals surface area contributed by atoms with Crippen LogP contribution in [0.4, 0.5) is 0 Å². The van der Waals surface area contributed by atoms with Gasteiger partial charge in [-0.2, -0.15) is 0 Å². The minimum atomic E-state index is 0.336. The molecule has 0 saturated heterocycles. The molecule has 0 aromatic rings. The summed E-state index contributed by atoms with van der Waals surface area (Å²) in [5.74, 6) is 0. The summed E-state index contributed by atoms with van der Waals surface area (Å²) in [6.07, 6.45) is 2.53. The normalized spacial score (nSPS) is 27.2. The van der Waals surface area contributed by atoms with Gasteiger partial charge in [0.25, 0.3) is 0 Å². The molecule has 88 valence electrons. The molecule has 15 heavy (non-hydrogen) atoms. The van der Waals surface area contributed by atoms with Gasteiger partial charge in [0.15, 0.2) is 0 Å². The first-order valence-corrected chi connectivity index (χ1v) is 6.37. The summed E-state index contributed by atoms with van der Waals surface area (Å²) in [6.45, 7) is 19.1. The van der Waals surface area contributed by atoms with Gasteiger partial charge in [-0.05, 0) is 42.9 Å². The Hall–Kier alpha value is -0.260. The van der Waals surface area contributed by atoms with Gasteiger partial charge >= 0.3 is 0 Å². The topological polar surface area (TPSA) is 0 Å². The Kier molecular flexibility index (Phi) is 2.87. The van der Waals surface area contributed by atoms with E-state index in [1.807, 2.05) is 0 Å². The van der Waals surface area contributed by atoms with Crippen molar-refractivity contribution in [3.63, 3.8) is 0 Å². The zero-order valence-electron chi connectivity index (χ0n) is 11.9. The Morgan fingerprint density at radius 1 is 0.800 bits per heavy atom. The molecule has 0 spiro atoms. The Labute approximate surface area is 96.2 Å². The number of allylic oxidation sites excluding steroid dienone is 2. The van der Waals surface area contributed by atoms with Crippen LogP contribution in [0.3, 0.4) is 0 Å². The second kappa shape index (κ2) is 3.37. The summed E-state index contributed by atoms with van der Waals surface area (Å²) >= 11 is 0. The fraction of sp³-hybridized carbons (Fsp3) is 0.867. The van der Waals surface area contributed by atoms with Gasteiger partial charge in [-0.3, -0.25) is 0 Å². The molecule has 0 aromatic carbocycles. The van der Waals surface area contributed by atoms with Gasteiger partial charge in [-0.1, -0.05) is 52.7 Å². The largest absolute Gasteiger partial charge is 0.0676 e. The molecule has 0 amide bonds. The lowest BCUT2D eigenvalue weighted by Gasteiger charge is -2.49. The molecule has 1 aliphatic rings. The third-order valence-electron chi connectivity index (χ3n) is 6.18. The average molecular weight is 208 g/mol. The van der Waals surface area contributed by atoms with Crippen molar-refractivity contribution < 1.29 is 0 Å². The SMILES string of the molecule is CCC1(CC)C(C)=C(C)C(C)(C)C1(C)C. The smallest absolute Gasteiger partial charge is 0.00340 e. The van der Waals surface area contributed by atoms with Crippen molar-refractivity contribution in [3.05, 3.63) is 11.1 Å². The fourth-order valence-corrected chi connectivity index (χ4v) is 4.03. The molecule has 0 fully saturated rings. The lowest BCUT2D eigenvalue weighted by molar-refractivity contribution is 0.0279. The maximum Gasteiger partial charge on any atom is -0.00340 e. The molecule has 0 nitrogen and oxygen atoms in total. The predicted octanol–water partition coefficient (Wildman–Crippen LogP) is 5.20. The van der Waals surface area contributed by atoms with Crippen LogP contribution in [0.15, 0.2) is 11.1 Å². The third-order valence-corrected chi connectivity index (χ3v) is 6.18. The predicted molar refractivity (Wildman–Crippen MR) is 69.0 cm³/mol. The number of hydrogen-bond acceptors (Lipinski definition) is 0. The molecule has 0 heteroatoms. The second-order valence-corrected chi connectivity index (χ2v) is 6.29. The molecule has 0 atom stereocenters. The molecule has 0 aliphatic heterocycles. The summed E-state index contributed by atoms with van der Waals surface area (Å²) in [6, 6.07) is 0. The highest BCUT2D eigenvalue weighted by Crippen LogP contribution is 2.67. The van der Waals surface area contributed by atoms with E-state index in [-0.39, 0.29) is 0 Å². The van der Waals surface area contributed by atoms with Gasteiger partial charge in [0.2, 0.25) is 0 Å². The first-order chi connectivity index (χ1) is 6.69. The van der Waals surface area contributed by atoms with Crippen LogP contribution in [-0.4, -0.2) is 0 Å². The van der Waals surface area contributed by atoms with Crippen LogP contribution in [-0.2, 0) is 0 Å². The molecule has 0 radical (unpaired) electrons. The highest BCUT2D eigenvalue weighted by molar-refractivity contribution is 5.36. The van der Waals surface area contributed by atoms with E-state index >= 15 is 0 Å². The van der Waals surface area contributed by atoms with Gasteiger partial charge in [-0.15, -0.1) is 0 Å². The number of hydrogen-bond donors (Lipinski definition) is 0. The lowest BCUT2D eigenvalue weighted by atomic mass is 9.55. The van der Waals surface area contributed by atoms with E-state index < -0.39 is 0 Å². The van der Waals surface area contributed by atoms with Crippen molar-refractivity contribution in [3.8, 4) is 0 Å². The van der Waals surface area contributed by atoms with Crippen LogP contribution in [0.5, 0.6) is 0 Å². The molecular formula is C15H28. The van der Waals surface area contributed by atoms with Crippen LogP contribution in [0.1, 0.15) is 68.2 Å². The quantitative estimate of drug-likeness (QED) is 0.547. The Morgan fingerprint density at radius 2 is 1.20 bits per heavy atom. The Morgan fingerprint density at radius 3 is 1.33 bits per heavy atom. The lowest BCUT2D eigenvalue weighted by Crippen LogP contribution is -2.42. The van der Waals surface area contributed by atoms with Crippen LogP contribution in [0.25, 0.3) is 0 Å². The highest BCUT2D eigenvalue weighted by Gasteiger charge is 2.58. The minimum Gasteiger partial charge on any atom is -0.0676 e. The zero-order valence-corrected chi connectivity index (χ0v) is 11.9. The van der Waals surface area contributed by atoms with Crippen LogP contribution >= 0.6 is 0 Å². The Bertz CT molecular complexity index is 285. The minimum absolute atomic E-state index is 0.336. The first kappa shape index (κ1) is 12.8. The number of rotatable bonds is 2. The molecule has 0 bridgehead atoms. The van der Waals surface area contributed by atoms with Crippen molar-refractivity contribution in [2.75, 3.05) is 0 Å². The molecule has 1 aliphatic carbocycles. The van der Waals surface area contributed by atoms with Gasteiger partial charge in [0.05, 0.1) is 0 Å². The van der Waals surface area contributed by atoms with E-state index in [1.54, 1.807) is 11.1 Å². The van der Waals surface area contributed by atoms with Gasteiger partial charge in [-0.25, -0.2) is 0 Å². The van der Waals surface area contributed by atoms with Crippen molar-refractivity contribution in [2.24, 2.45) is 16.2 Å². The maximum absolute atomic E-state index is 2.46. The molecule has 1 rings (SSSR count). The zero-order chi connectivity index (χ0) is 12.1. The van der Waals surface area contributed by atoms with Crippen molar-refractivity contribution in [1.29, 1.82) is 0 Å². The van der Waals surface area contributed by atoms with E-state index in [1.165, 1.54) is 12.8 Å². The third kappa shape index (κ3) is 1.20. The van der Waals surface area contributed by atoms with E-state index in [2.05, 4.69) is 55.4 Å². The molecule has 0 heterocycles. The van der Waals surface area contributed by atoms with E-state index in [0.717, 1.165) is 0 Å². The Balaban J connectivity index is 3.45. The molecule has 0 saturated carbocycles. The summed E-state index contributed by atoms with van der Waals surface area (Å²) in [7, 11) is 0. The average Bonchev–Trinajstić information content (AvgIpc) is 2.26. The van der Waals surface area contributed by atoms with Gasteiger partial charge in [0.1, 0.15) is 0 Å². The van der Waals surface area contributed by atoms with Gasteiger partial charge in [0, 0.05) is 0 Å². The monoisotopic (exact) mass is 208 g/mol. The van der Waals surface area contributed by atoms with E-state index in [4.69, 9.17) is 0 Å². The molecular weight excluding hydrogens is 180 g/mol. The first-order valence-electron chi connectivity index (χ1n) is 6.37. The molecule has 0 N–H and O–H groups in total. The molecule has 0 aromatic heterocycles. The van der Waals surface area contributed by atoms with Crippen molar-refractivity contribution in [2.45, 2.75) is 68.2 Å². The van der Waals surface area contributed by atoms with Crippen molar-refractivity contribution >= 4 is 0 Å². The summed E-state index contributed by atoms with van der Waals surface area (Å²) in [4.78, 5) is 0. The van der Waals surface area contributed by atoms with Gasteiger partial charge < -0.3 is 0 Å². The summed E-state index contributed by atoms with van der Waals surface area (Å²) < 4.78 is 0. The standard InChI is InChI=1S/C15H28/c1-9-15(10-2)12(4)11(3)13(5,6)14(15,7)8/h9-10H2,1-8H3. The van der Waals surface area contributed by atoms with E-state index in [9.17, 15) is 0 Å².